The second kappa shape index (κ2) is 7.99. The maximum absolute atomic E-state index is 14.2. The van der Waals surface area contributed by atoms with Crippen LogP contribution >= 0.6 is 0 Å². The number of aryl methyl sites for hydroxylation is 1. The number of rotatable bonds is 7. The van der Waals surface area contributed by atoms with Crippen LogP contribution in [0.15, 0.2) is 41.4 Å². The highest BCUT2D eigenvalue weighted by molar-refractivity contribution is 5.91. The lowest BCUT2D eigenvalue weighted by atomic mass is 9.89. The van der Waals surface area contributed by atoms with E-state index in [4.69, 9.17) is 0 Å². The highest BCUT2D eigenvalue weighted by Crippen LogP contribution is 2.32. The molecule has 0 saturated carbocycles. The Morgan fingerprint density at radius 1 is 1.23 bits per heavy atom. The van der Waals surface area contributed by atoms with E-state index >= 15 is 0 Å². The number of nitrogens with zero attached hydrogens (tertiary/aromatic N) is 1. The van der Waals surface area contributed by atoms with Gasteiger partial charge in [-0.1, -0.05) is 13.0 Å². The van der Waals surface area contributed by atoms with Gasteiger partial charge in [-0.2, -0.15) is 0 Å². The molecule has 0 bridgehead atoms. The summed E-state index contributed by atoms with van der Waals surface area (Å²) in [4.78, 5) is 16.2. The molecule has 0 radical (unpaired) electrons. The van der Waals surface area contributed by atoms with Crippen LogP contribution in [-0.4, -0.2) is 22.8 Å². The zero-order valence-corrected chi connectivity index (χ0v) is 14.9. The molecule has 6 heteroatoms. The number of hydrogen-bond donors (Lipinski definition) is 3. The van der Waals surface area contributed by atoms with Crippen LogP contribution < -0.4 is 5.32 Å². The van der Waals surface area contributed by atoms with E-state index in [1.165, 1.54) is 24.3 Å². The van der Waals surface area contributed by atoms with Crippen LogP contribution in [0.3, 0.4) is 0 Å². The molecular weight excluding hydrogens is 335 g/mol. The van der Waals surface area contributed by atoms with E-state index in [1.807, 2.05) is 6.92 Å². The van der Waals surface area contributed by atoms with Gasteiger partial charge in [-0.3, -0.25) is 9.79 Å². The summed E-state index contributed by atoms with van der Waals surface area (Å²) >= 11 is 0. The molecule has 3 N–H and O–H groups in total. The second-order valence-corrected chi connectivity index (χ2v) is 6.35. The smallest absolute Gasteiger partial charge is 0.224 e. The van der Waals surface area contributed by atoms with Crippen molar-refractivity contribution in [2.24, 2.45) is 4.99 Å². The first-order valence-corrected chi connectivity index (χ1v) is 8.37. The van der Waals surface area contributed by atoms with Gasteiger partial charge in [0.2, 0.25) is 5.91 Å². The van der Waals surface area contributed by atoms with E-state index in [-0.39, 0.29) is 29.6 Å². The average molecular weight is 358 g/mol. The van der Waals surface area contributed by atoms with Crippen molar-refractivity contribution in [3.63, 3.8) is 0 Å². The number of carbonyl (C=O) groups is 1. The Kier molecular flexibility index (Phi) is 5.97. The van der Waals surface area contributed by atoms with Gasteiger partial charge in [-0.05, 0) is 62.4 Å². The van der Waals surface area contributed by atoms with Crippen molar-refractivity contribution < 1.29 is 19.4 Å². The zero-order valence-electron chi connectivity index (χ0n) is 14.9. The standard InChI is InChI=1S/C20H23FN2O3/c1-4-20(2,22-3)15-12-14(7-8-16(15)21)23-19(26)10-6-13-5-9-17(24)18(25)11-13/h5,7-9,11-12,24-25H,3-4,6,10H2,1-2H3,(H,23,26)/t20-/m0/s1. The van der Waals surface area contributed by atoms with E-state index in [0.29, 0.717) is 24.1 Å². The van der Waals surface area contributed by atoms with Crippen molar-refractivity contribution in [1.29, 1.82) is 0 Å². The van der Waals surface area contributed by atoms with E-state index < -0.39 is 5.54 Å². The highest BCUT2D eigenvalue weighted by Gasteiger charge is 2.26. The van der Waals surface area contributed by atoms with Gasteiger partial charge in [0, 0.05) is 17.7 Å². The molecule has 0 heterocycles. The third kappa shape index (κ3) is 4.39. The number of amides is 1. The zero-order chi connectivity index (χ0) is 19.3. The summed E-state index contributed by atoms with van der Waals surface area (Å²) in [5.74, 6) is -1.05. The van der Waals surface area contributed by atoms with Gasteiger partial charge in [0.05, 0.1) is 5.54 Å². The van der Waals surface area contributed by atoms with E-state index in [9.17, 15) is 19.4 Å². The molecule has 0 saturated heterocycles. The van der Waals surface area contributed by atoms with Gasteiger partial charge in [-0.15, -0.1) is 0 Å². The molecule has 5 nitrogen and oxygen atoms in total. The maximum atomic E-state index is 14.2. The first kappa shape index (κ1) is 19.4. The van der Waals surface area contributed by atoms with E-state index in [1.54, 1.807) is 19.1 Å². The third-order valence-corrected chi connectivity index (χ3v) is 4.55. The molecule has 0 spiro atoms. The topological polar surface area (TPSA) is 81.9 Å². The van der Waals surface area contributed by atoms with Crippen LogP contribution in [0.4, 0.5) is 10.1 Å². The van der Waals surface area contributed by atoms with Gasteiger partial charge in [0.25, 0.3) is 0 Å². The van der Waals surface area contributed by atoms with Gasteiger partial charge in [0.15, 0.2) is 11.5 Å². The number of carbonyl (C=O) groups excluding carboxylic acids is 1. The van der Waals surface area contributed by atoms with Crippen molar-refractivity contribution >= 4 is 18.3 Å². The number of phenolic OH excluding ortho intramolecular Hbond substituents is 2. The Morgan fingerprint density at radius 2 is 1.96 bits per heavy atom. The van der Waals surface area contributed by atoms with Gasteiger partial charge < -0.3 is 15.5 Å². The fourth-order valence-corrected chi connectivity index (χ4v) is 2.61. The average Bonchev–Trinajstić information content (AvgIpc) is 2.63. The molecule has 0 aliphatic carbocycles. The lowest BCUT2D eigenvalue weighted by Gasteiger charge is -2.24. The Morgan fingerprint density at radius 3 is 2.58 bits per heavy atom. The number of hydrogen-bond acceptors (Lipinski definition) is 4. The number of aromatic hydroxyl groups is 2. The molecule has 2 aromatic rings. The largest absolute Gasteiger partial charge is 0.504 e. The SMILES string of the molecule is C=N[C@@](C)(CC)c1cc(NC(=O)CCc2ccc(O)c(O)c2)ccc1F. The van der Waals surface area contributed by atoms with Gasteiger partial charge in [0.1, 0.15) is 5.82 Å². The second-order valence-electron chi connectivity index (χ2n) is 6.35. The van der Waals surface area contributed by atoms with Crippen molar-refractivity contribution in [3.8, 4) is 11.5 Å². The normalized spacial score (nSPS) is 13.0. The van der Waals surface area contributed by atoms with Crippen LogP contribution in [0.2, 0.25) is 0 Å². The van der Waals surface area contributed by atoms with Gasteiger partial charge in [-0.25, -0.2) is 4.39 Å². The Labute approximate surface area is 152 Å². The number of benzene rings is 2. The minimum absolute atomic E-state index is 0.182. The molecule has 0 aliphatic rings. The monoisotopic (exact) mass is 358 g/mol. The highest BCUT2D eigenvalue weighted by atomic mass is 19.1. The van der Waals surface area contributed by atoms with Crippen molar-refractivity contribution in [2.45, 2.75) is 38.6 Å². The maximum Gasteiger partial charge on any atom is 0.224 e. The summed E-state index contributed by atoms with van der Waals surface area (Å²) < 4.78 is 14.2. The number of anilines is 1. The van der Waals surface area contributed by atoms with Crippen molar-refractivity contribution in [1.82, 2.24) is 0 Å². The summed E-state index contributed by atoms with van der Waals surface area (Å²) in [6.07, 6.45) is 1.16. The minimum Gasteiger partial charge on any atom is -0.504 e. The molecule has 0 aromatic heterocycles. The number of aliphatic imine (C=N–C) groups is 1. The number of nitrogens with one attached hydrogen (secondary N) is 1. The molecule has 1 amide bonds. The Hall–Kier alpha value is -2.89. The molecule has 0 unspecified atom stereocenters. The fourth-order valence-electron chi connectivity index (χ4n) is 2.61. The number of phenols is 2. The fraction of sp³-hybridized carbons (Fsp3) is 0.300. The molecule has 26 heavy (non-hydrogen) atoms. The summed E-state index contributed by atoms with van der Waals surface area (Å²) in [6, 6.07) is 8.83. The third-order valence-electron chi connectivity index (χ3n) is 4.55. The predicted octanol–water partition coefficient (Wildman–Crippen LogP) is 4.13. The first-order valence-electron chi connectivity index (χ1n) is 8.37. The van der Waals surface area contributed by atoms with E-state index in [0.717, 1.165) is 5.56 Å². The molecule has 0 aliphatic heterocycles. The number of halogens is 1. The first-order chi connectivity index (χ1) is 12.3. The molecule has 2 aromatic carbocycles. The summed E-state index contributed by atoms with van der Waals surface area (Å²) in [6.45, 7) is 7.23. The molecular formula is C20H23FN2O3. The van der Waals surface area contributed by atoms with Crippen molar-refractivity contribution in [3.05, 3.63) is 53.3 Å². The lowest BCUT2D eigenvalue weighted by molar-refractivity contribution is -0.116. The van der Waals surface area contributed by atoms with Crippen LogP contribution in [-0.2, 0) is 16.8 Å². The lowest BCUT2D eigenvalue weighted by Crippen LogP contribution is -2.20. The van der Waals surface area contributed by atoms with Gasteiger partial charge >= 0.3 is 0 Å². The van der Waals surface area contributed by atoms with Crippen LogP contribution in [0.5, 0.6) is 11.5 Å². The van der Waals surface area contributed by atoms with Crippen molar-refractivity contribution in [2.75, 3.05) is 5.32 Å². The van der Waals surface area contributed by atoms with Crippen LogP contribution in [0.25, 0.3) is 0 Å². The Balaban J connectivity index is 2.07. The van der Waals surface area contributed by atoms with Crippen LogP contribution in [0, 0.1) is 5.82 Å². The molecule has 138 valence electrons. The molecule has 0 fully saturated rings. The van der Waals surface area contributed by atoms with E-state index in [2.05, 4.69) is 17.0 Å². The van der Waals surface area contributed by atoms with Crippen LogP contribution in [0.1, 0.15) is 37.8 Å². The Bertz CT molecular complexity index is 823. The molecule has 1 atom stereocenters. The molecule has 2 rings (SSSR count). The predicted molar refractivity (Wildman–Crippen MR) is 100 cm³/mol. The summed E-state index contributed by atoms with van der Waals surface area (Å²) in [5, 5.41) is 21.5. The quantitative estimate of drug-likeness (QED) is 0.514. The summed E-state index contributed by atoms with van der Waals surface area (Å²) in [5.41, 5.74) is 0.846. The summed E-state index contributed by atoms with van der Waals surface area (Å²) in [7, 11) is 0. The minimum atomic E-state index is -0.756.